The molecule has 0 spiro atoms. The number of amides is 1. The van der Waals surface area contributed by atoms with Gasteiger partial charge in [0, 0.05) is 25.1 Å². The van der Waals surface area contributed by atoms with Crippen LogP contribution in [0.15, 0.2) is 47.0 Å². The molecule has 0 aliphatic carbocycles. The van der Waals surface area contributed by atoms with Gasteiger partial charge in [0.15, 0.2) is 5.89 Å². The third-order valence-electron chi connectivity index (χ3n) is 4.29. The summed E-state index contributed by atoms with van der Waals surface area (Å²) in [6.45, 7) is 6.83. The van der Waals surface area contributed by atoms with Crippen molar-refractivity contribution in [2.45, 2.75) is 32.1 Å². The number of benzene rings is 1. The largest absolute Gasteiger partial charge is 0.445 e. The number of rotatable bonds is 4. The van der Waals surface area contributed by atoms with Crippen molar-refractivity contribution in [2.75, 3.05) is 13.1 Å². The molecule has 0 saturated carbocycles. The van der Waals surface area contributed by atoms with Crippen molar-refractivity contribution in [3.8, 4) is 0 Å². The van der Waals surface area contributed by atoms with Crippen molar-refractivity contribution in [2.24, 2.45) is 0 Å². The summed E-state index contributed by atoms with van der Waals surface area (Å²) in [5, 5.41) is 0. The van der Waals surface area contributed by atoms with Crippen LogP contribution in [0.4, 0.5) is 4.39 Å². The van der Waals surface area contributed by atoms with Gasteiger partial charge in [0.25, 0.3) is 0 Å². The second-order valence-electron chi connectivity index (χ2n) is 6.34. The fourth-order valence-electron chi connectivity index (χ4n) is 3.03. The van der Waals surface area contributed by atoms with E-state index < -0.39 is 0 Å². The van der Waals surface area contributed by atoms with Gasteiger partial charge in [-0.25, -0.2) is 9.37 Å². The van der Waals surface area contributed by atoms with Gasteiger partial charge in [-0.3, -0.25) is 4.79 Å². The van der Waals surface area contributed by atoms with Gasteiger partial charge in [0.1, 0.15) is 11.6 Å². The highest BCUT2D eigenvalue weighted by Crippen LogP contribution is 2.27. The minimum absolute atomic E-state index is 0.00204. The summed E-state index contributed by atoms with van der Waals surface area (Å²) < 4.78 is 18.8. The molecule has 0 radical (unpaired) electrons. The minimum Gasteiger partial charge on any atom is -0.445 e. The van der Waals surface area contributed by atoms with E-state index >= 15 is 0 Å². The van der Waals surface area contributed by atoms with Crippen LogP contribution in [0.25, 0.3) is 0 Å². The summed E-state index contributed by atoms with van der Waals surface area (Å²) in [6, 6.07) is 6.36. The molecule has 1 unspecified atom stereocenters. The summed E-state index contributed by atoms with van der Waals surface area (Å²) in [7, 11) is 0. The first-order valence-corrected chi connectivity index (χ1v) is 8.17. The Labute approximate surface area is 141 Å². The number of piperidine rings is 1. The number of aromatic nitrogens is 1. The average Bonchev–Trinajstić information content (AvgIpc) is 3.05. The Morgan fingerprint density at radius 2 is 2.17 bits per heavy atom. The third-order valence-corrected chi connectivity index (χ3v) is 4.29. The van der Waals surface area contributed by atoms with Gasteiger partial charge in [-0.05, 0) is 37.5 Å². The highest BCUT2D eigenvalue weighted by molar-refractivity contribution is 5.92. The SMILES string of the molecule is C=C(C)C(=O)N1CCCC(c2ncc(Cc3ccc(F)cc3)o2)C1. The number of carbonyl (C=O) groups is 1. The van der Waals surface area contributed by atoms with Gasteiger partial charge in [0.2, 0.25) is 5.91 Å². The van der Waals surface area contributed by atoms with Crippen molar-refractivity contribution < 1.29 is 13.6 Å². The summed E-state index contributed by atoms with van der Waals surface area (Å²) >= 11 is 0. The quantitative estimate of drug-likeness (QED) is 0.804. The Balaban J connectivity index is 1.67. The Hall–Kier alpha value is -2.43. The molecule has 1 saturated heterocycles. The number of nitrogens with zero attached hydrogens (tertiary/aromatic N) is 2. The van der Waals surface area contributed by atoms with Crippen molar-refractivity contribution in [3.05, 3.63) is 65.6 Å². The molecule has 1 atom stereocenters. The van der Waals surface area contributed by atoms with E-state index in [9.17, 15) is 9.18 Å². The molecule has 126 valence electrons. The molecule has 5 heteroatoms. The zero-order valence-electron chi connectivity index (χ0n) is 13.8. The van der Waals surface area contributed by atoms with E-state index in [0.29, 0.717) is 24.4 Å². The maximum atomic E-state index is 13.0. The highest BCUT2D eigenvalue weighted by atomic mass is 19.1. The van der Waals surface area contributed by atoms with Crippen LogP contribution in [-0.4, -0.2) is 28.9 Å². The van der Waals surface area contributed by atoms with Crippen molar-refractivity contribution in [3.63, 3.8) is 0 Å². The molecule has 0 N–H and O–H groups in total. The number of hydrogen-bond donors (Lipinski definition) is 0. The van der Waals surface area contributed by atoms with Crippen LogP contribution in [0.3, 0.4) is 0 Å². The molecule has 2 heterocycles. The van der Waals surface area contributed by atoms with E-state index in [-0.39, 0.29) is 17.6 Å². The topological polar surface area (TPSA) is 46.3 Å². The monoisotopic (exact) mass is 328 g/mol. The standard InChI is InChI=1S/C19H21FN2O2/c1-13(2)19(23)22-9-3-4-15(12-22)18-21-11-17(24-18)10-14-5-7-16(20)8-6-14/h5-8,11,15H,1,3-4,9-10,12H2,2H3. The van der Waals surface area contributed by atoms with E-state index in [1.165, 1.54) is 12.1 Å². The van der Waals surface area contributed by atoms with Gasteiger partial charge >= 0.3 is 0 Å². The van der Waals surface area contributed by atoms with Crippen LogP contribution in [0.2, 0.25) is 0 Å². The summed E-state index contributed by atoms with van der Waals surface area (Å²) in [6.07, 6.45) is 4.18. The van der Waals surface area contributed by atoms with E-state index in [1.807, 2.05) is 4.90 Å². The Bertz CT molecular complexity index is 736. The van der Waals surface area contributed by atoms with Crippen LogP contribution >= 0.6 is 0 Å². The fraction of sp³-hybridized carbons (Fsp3) is 0.368. The Morgan fingerprint density at radius 1 is 1.42 bits per heavy atom. The summed E-state index contributed by atoms with van der Waals surface area (Å²) in [5.41, 5.74) is 1.53. The minimum atomic E-state index is -0.249. The lowest BCUT2D eigenvalue weighted by atomic mass is 9.97. The first-order chi connectivity index (χ1) is 11.5. The van der Waals surface area contributed by atoms with E-state index in [4.69, 9.17) is 4.42 Å². The molecule has 24 heavy (non-hydrogen) atoms. The first kappa shape index (κ1) is 16.4. The maximum Gasteiger partial charge on any atom is 0.248 e. The molecule has 1 amide bonds. The Morgan fingerprint density at radius 3 is 2.88 bits per heavy atom. The number of carbonyl (C=O) groups excluding carboxylic acids is 1. The lowest BCUT2D eigenvalue weighted by Crippen LogP contribution is -2.39. The second kappa shape index (κ2) is 6.99. The Kier molecular flexibility index (Phi) is 4.79. The van der Waals surface area contributed by atoms with Crippen molar-refractivity contribution >= 4 is 5.91 Å². The van der Waals surface area contributed by atoms with Crippen molar-refractivity contribution in [1.82, 2.24) is 9.88 Å². The van der Waals surface area contributed by atoms with Gasteiger partial charge in [0.05, 0.1) is 12.1 Å². The van der Waals surface area contributed by atoms with Gasteiger partial charge in [-0.15, -0.1) is 0 Å². The number of oxazole rings is 1. The van der Waals surface area contributed by atoms with Crippen molar-refractivity contribution in [1.29, 1.82) is 0 Å². The zero-order chi connectivity index (χ0) is 17.1. The normalized spacial score (nSPS) is 17.8. The van der Waals surface area contributed by atoms with Crippen LogP contribution < -0.4 is 0 Å². The molecule has 0 bridgehead atoms. The molecule has 1 aromatic heterocycles. The molecule has 3 rings (SSSR count). The smallest absolute Gasteiger partial charge is 0.248 e. The number of hydrogen-bond acceptors (Lipinski definition) is 3. The number of likely N-dealkylation sites (tertiary alicyclic amines) is 1. The van der Waals surface area contributed by atoms with Crippen LogP contribution in [0, 0.1) is 5.82 Å². The van der Waals surface area contributed by atoms with E-state index in [0.717, 1.165) is 30.7 Å². The molecule has 2 aromatic rings. The van der Waals surface area contributed by atoms with Crippen LogP contribution in [-0.2, 0) is 11.2 Å². The molecular formula is C19H21FN2O2. The molecule has 4 nitrogen and oxygen atoms in total. The van der Waals surface area contributed by atoms with Crippen LogP contribution in [0.5, 0.6) is 0 Å². The maximum absolute atomic E-state index is 13.0. The first-order valence-electron chi connectivity index (χ1n) is 8.17. The molecule has 1 aliphatic heterocycles. The predicted molar refractivity (Wildman–Crippen MR) is 89.1 cm³/mol. The van der Waals surface area contributed by atoms with Crippen LogP contribution in [0.1, 0.15) is 42.9 Å². The van der Waals surface area contributed by atoms with E-state index in [1.54, 1.807) is 25.3 Å². The lowest BCUT2D eigenvalue weighted by Gasteiger charge is -2.31. The van der Waals surface area contributed by atoms with E-state index in [2.05, 4.69) is 11.6 Å². The third kappa shape index (κ3) is 3.72. The zero-order valence-corrected chi connectivity index (χ0v) is 13.8. The average molecular weight is 328 g/mol. The molecule has 1 aliphatic rings. The lowest BCUT2D eigenvalue weighted by molar-refractivity contribution is -0.128. The second-order valence-corrected chi connectivity index (χ2v) is 6.34. The summed E-state index contributed by atoms with van der Waals surface area (Å²) in [4.78, 5) is 18.3. The fourth-order valence-corrected chi connectivity index (χ4v) is 3.03. The molecule has 1 fully saturated rings. The molecular weight excluding hydrogens is 307 g/mol. The van der Waals surface area contributed by atoms with Gasteiger partial charge in [-0.1, -0.05) is 18.7 Å². The predicted octanol–water partition coefficient (Wildman–Crippen LogP) is 3.69. The molecule has 1 aromatic carbocycles. The van der Waals surface area contributed by atoms with Gasteiger partial charge in [-0.2, -0.15) is 0 Å². The van der Waals surface area contributed by atoms with Gasteiger partial charge < -0.3 is 9.32 Å². The number of halogens is 1. The summed E-state index contributed by atoms with van der Waals surface area (Å²) in [5.74, 6) is 1.29. The highest BCUT2D eigenvalue weighted by Gasteiger charge is 2.27.